The zero-order valence-corrected chi connectivity index (χ0v) is 11.9. The standard InChI is InChI=1S/C16H24S/c1-13(2)15-10-8-14(9-11-15)12-17-16-6-4-3-5-7-16/h3-7,13-15H,8-12H2,1-2H3. The lowest BCUT2D eigenvalue weighted by Crippen LogP contribution is -2.19. The van der Waals surface area contributed by atoms with Crippen LogP contribution >= 0.6 is 11.8 Å². The van der Waals surface area contributed by atoms with E-state index in [1.165, 1.54) is 36.3 Å². The maximum Gasteiger partial charge on any atom is 0.00720 e. The summed E-state index contributed by atoms with van der Waals surface area (Å²) >= 11 is 2.04. The molecule has 0 aliphatic heterocycles. The van der Waals surface area contributed by atoms with Crippen molar-refractivity contribution >= 4 is 11.8 Å². The Hall–Kier alpha value is -0.430. The molecule has 94 valence electrons. The summed E-state index contributed by atoms with van der Waals surface area (Å²) in [6, 6.07) is 10.8. The summed E-state index contributed by atoms with van der Waals surface area (Å²) in [6.45, 7) is 4.76. The van der Waals surface area contributed by atoms with Crippen LogP contribution in [-0.4, -0.2) is 5.75 Å². The highest BCUT2D eigenvalue weighted by Crippen LogP contribution is 2.35. The van der Waals surface area contributed by atoms with Crippen LogP contribution in [0.2, 0.25) is 0 Å². The van der Waals surface area contributed by atoms with Gasteiger partial charge in [0.2, 0.25) is 0 Å². The van der Waals surface area contributed by atoms with Gasteiger partial charge in [0.1, 0.15) is 0 Å². The lowest BCUT2D eigenvalue weighted by Gasteiger charge is -2.30. The topological polar surface area (TPSA) is 0 Å². The number of hydrogen-bond acceptors (Lipinski definition) is 1. The third-order valence-electron chi connectivity index (χ3n) is 4.06. The zero-order chi connectivity index (χ0) is 12.1. The minimum Gasteiger partial charge on any atom is -0.126 e. The smallest absolute Gasteiger partial charge is 0.00720 e. The molecule has 0 spiro atoms. The molecule has 1 aromatic rings. The van der Waals surface area contributed by atoms with Crippen molar-refractivity contribution < 1.29 is 0 Å². The molecule has 1 aliphatic carbocycles. The summed E-state index contributed by atoms with van der Waals surface area (Å²) in [4.78, 5) is 1.43. The molecule has 0 saturated heterocycles. The first-order valence-corrected chi connectivity index (χ1v) is 7.92. The Morgan fingerprint density at radius 3 is 2.29 bits per heavy atom. The molecule has 1 saturated carbocycles. The van der Waals surface area contributed by atoms with Gasteiger partial charge in [-0.05, 0) is 55.6 Å². The second-order valence-corrected chi connectivity index (χ2v) is 6.74. The Balaban J connectivity index is 1.72. The van der Waals surface area contributed by atoms with Crippen LogP contribution in [0, 0.1) is 17.8 Å². The van der Waals surface area contributed by atoms with E-state index in [2.05, 4.69) is 44.2 Å². The molecular weight excluding hydrogens is 224 g/mol. The molecule has 0 heterocycles. The van der Waals surface area contributed by atoms with Gasteiger partial charge in [0.15, 0.2) is 0 Å². The van der Waals surface area contributed by atoms with E-state index in [0.717, 1.165) is 17.8 Å². The van der Waals surface area contributed by atoms with E-state index < -0.39 is 0 Å². The van der Waals surface area contributed by atoms with Crippen LogP contribution in [0.4, 0.5) is 0 Å². The predicted octanol–water partition coefficient (Wildman–Crippen LogP) is 5.24. The minimum absolute atomic E-state index is 0.887. The Morgan fingerprint density at radius 1 is 1.06 bits per heavy atom. The van der Waals surface area contributed by atoms with Gasteiger partial charge in [0.25, 0.3) is 0 Å². The predicted molar refractivity (Wildman–Crippen MR) is 77.5 cm³/mol. The van der Waals surface area contributed by atoms with Gasteiger partial charge in [0, 0.05) is 10.6 Å². The summed E-state index contributed by atoms with van der Waals surface area (Å²) < 4.78 is 0. The molecule has 0 unspecified atom stereocenters. The molecule has 0 amide bonds. The maximum atomic E-state index is 2.38. The van der Waals surface area contributed by atoms with Crippen molar-refractivity contribution in [3.8, 4) is 0 Å². The second kappa shape index (κ2) is 6.49. The van der Waals surface area contributed by atoms with Crippen molar-refractivity contribution in [2.45, 2.75) is 44.4 Å². The molecule has 0 atom stereocenters. The molecular formula is C16H24S. The molecule has 2 rings (SSSR count). The Kier molecular flexibility index (Phi) is 4.97. The highest BCUT2D eigenvalue weighted by molar-refractivity contribution is 7.99. The SMILES string of the molecule is CC(C)C1CCC(CSc2ccccc2)CC1. The van der Waals surface area contributed by atoms with E-state index in [1.54, 1.807) is 0 Å². The third kappa shape index (κ3) is 4.06. The first-order chi connectivity index (χ1) is 8.25. The zero-order valence-electron chi connectivity index (χ0n) is 11.1. The van der Waals surface area contributed by atoms with Crippen LogP contribution < -0.4 is 0 Å². The van der Waals surface area contributed by atoms with E-state index in [9.17, 15) is 0 Å². The van der Waals surface area contributed by atoms with Crippen molar-refractivity contribution in [1.82, 2.24) is 0 Å². The fraction of sp³-hybridized carbons (Fsp3) is 0.625. The summed E-state index contributed by atoms with van der Waals surface area (Å²) in [5.74, 6) is 4.15. The molecule has 0 radical (unpaired) electrons. The van der Waals surface area contributed by atoms with E-state index in [-0.39, 0.29) is 0 Å². The van der Waals surface area contributed by atoms with Gasteiger partial charge >= 0.3 is 0 Å². The van der Waals surface area contributed by atoms with E-state index >= 15 is 0 Å². The monoisotopic (exact) mass is 248 g/mol. The average Bonchev–Trinajstić information content (AvgIpc) is 2.38. The molecule has 0 N–H and O–H groups in total. The molecule has 1 fully saturated rings. The van der Waals surface area contributed by atoms with E-state index in [1.807, 2.05) is 11.8 Å². The van der Waals surface area contributed by atoms with Gasteiger partial charge in [-0.1, -0.05) is 32.0 Å². The summed E-state index contributed by atoms with van der Waals surface area (Å²) in [6.07, 6.45) is 5.81. The van der Waals surface area contributed by atoms with Crippen molar-refractivity contribution in [1.29, 1.82) is 0 Å². The van der Waals surface area contributed by atoms with Crippen LogP contribution in [0.15, 0.2) is 35.2 Å². The first-order valence-electron chi connectivity index (χ1n) is 6.93. The van der Waals surface area contributed by atoms with E-state index in [4.69, 9.17) is 0 Å². The fourth-order valence-corrected chi connectivity index (χ4v) is 3.86. The van der Waals surface area contributed by atoms with Gasteiger partial charge in [-0.15, -0.1) is 11.8 Å². The molecule has 0 aromatic heterocycles. The number of hydrogen-bond donors (Lipinski definition) is 0. The molecule has 0 nitrogen and oxygen atoms in total. The lowest BCUT2D eigenvalue weighted by atomic mass is 9.78. The molecule has 1 aliphatic rings. The summed E-state index contributed by atoms with van der Waals surface area (Å²) in [5, 5.41) is 0. The van der Waals surface area contributed by atoms with Gasteiger partial charge in [-0.2, -0.15) is 0 Å². The van der Waals surface area contributed by atoms with Crippen LogP contribution in [0.5, 0.6) is 0 Å². The molecule has 0 bridgehead atoms. The Labute approximate surface area is 110 Å². The number of benzene rings is 1. The van der Waals surface area contributed by atoms with Crippen LogP contribution in [-0.2, 0) is 0 Å². The van der Waals surface area contributed by atoms with Gasteiger partial charge in [0.05, 0.1) is 0 Å². The van der Waals surface area contributed by atoms with Gasteiger partial charge in [-0.3, -0.25) is 0 Å². The minimum atomic E-state index is 0.887. The number of rotatable bonds is 4. The quantitative estimate of drug-likeness (QED) is 0.656. The lowest BCUT2D eigenvalue weighted by molar-refractivity contribution is 0.237. The summed E-state index contributed by atoms with van der Waals surface area (Å²) in [7, 11) is 0. The highest BCUT2D eigenvalue weighted by Gasteiger charge is 2.22. The van der Waals surface area contributed by atoms with Gasteiger partial charge < -0.3 is 0 Å². The van der Waals surface area contributed by atoms with Crippen LogP contribution in [0.3, 0.4) is 0 Å². The van der Waals surface area contributed by atoms with Crippen LogP contribution in [0.25, 0.3) is 0 Å². The Morgan fingerprint density at radius 2 is 1.71 bits per heavy atom. The average molecular weight is 248 g/mol. The van der Waals surface area contributed by atoms with E-state index in [0.29, 0.717) is 0 Å². The van der Waals surface area contributed by atoms with Gasteiger partial charge in [-0.25, -0.2) is 0 Å². The number of thioether (sulfide) groups is 1. The molecule has 1 aromatic carbocycles. The Bertz CT molecular complexity index is 310. The largest absolute Gasteiger partial charge is 0.126 e. The molecule has 1 heteroatoms. The fourth-order valence-electron chi connectivity index (χ4n) is 2.75. The van der Waals surface area contributed by atoms with Crippen molar-refractivity contribution in [3.63, 3.8) is 0 Å². The molecule has 17 heavy (non-hydrogen) atoms. The van der Waals surface area contributed by atoms with Crippen LogP contribution in [0.1, 0.15) is 39.5 Å². The van der Waals surface area contributed by atoms with Crippen molar-refractivity contribution in [2.24, 2.45) is 17.8 Å². The first kappa shape index (κ1) is 13.0. The van der Waals surface area contributed by atoms with Crippen molar-refractivity contribution in [2.75, 3.05) is 5.75 Å². The highest BCUT2D eigenvalue weighted by atomic mass is 32.2. The normalized spacial score (nSPS) is 25.1. The summed E-state index contributed by atoms with van der Waals surface area (Å²) in [5.41, 5.74) is 0. The third-order valence-corrected chi connectivity index (χ3v) is 5.31. The maximum absolute atomic E-state index is 2.38. The second-order valence-electron chi connectivity index (χ2n) is 5.65. The van der Waals surface area contributed by atoms with Crippen molar-refractivity contribution in [3.05, 3.63) is 30.3 Å².